The highest BCUT2D eigenvalue weighted by atomic mass is 79.9. The number of aliphatic hydroxyl groups is 2. The van der Waals surface area contributed by atoms with Crippen LogP contribution in [0.1, 0.15) is 59.9 Å². The molecular weight excluding hydrogens is 692 g/mol. The molecule has 0 aliphatic carbocycles. The highest BCUT2D eigenvalue weighted by molar-refractivity contribution is 9.10. The van der Waals surface area contributed by atoms with Gasteiger partial charge in [-0.3, -0.25) is 24.6 Å². The summed E-state index contributed by atoms with van der Waals surface area (Å²) in [6.07, 6.45) is 0.846. The molecule has 0 spiro atoms. The van der Waals surface area contributed by atoms with Crippen LogP contribution in [0, 0.1) is 0 Å². The van der Waals surface area contributed by atoms with Gasteiger partial charge in [-0.1, -0.05) is 30.3 Å². The number of amides is 2. The summed E-state index contributed by atoms with van der Waals surface area (Å²) in [7, 11) is 3.78. The highest BCUT2D eigenvalue weighted by Crippen LogP contribution is 2.43. The van der Waals surface area contributed by atoms with Gasteiger partial charge >= 0.3 is 0 Å². The van der Waals surface area contributed by atoms with E-state index in [2.05, 4.69) is 77.7 Å². The van der Waals surface area contributed by atoms with Crippen molar-refractivity contribution in [1.82, 2.24) is 29.8 Å². The standard InChI is InChI=1S/C35H43BrN8O5/c1-40-19-23(15-24(20-40)38-28-17-37-41(2)35(49)31(28)36)22-5-3-21(4-6-22)18-42-11-13-43(14-12-42)25-7-8-26-27(16-25)34(48)44(33(26)47)29-9-10-30(45)39-32(29)46/h3-8,16-17,23-24,29,33-34,38,47-48H,9-15,18-20H2,1-2H3,(H,39,45,46)/t23-,24+,29?,33?,34?/m1/s1. The number of hydrogen-bond acceptors (Lipinski definition) is 11. The number of benzene rings is 2. The molecule has 5 atom stereocenters. The van der Waals surface area contributed by atoms with Crippen LogP contribution >= 0.6 is 15.9 Å². The van der Waals surface area contributed by atoms with E-state index in [4.69, 9.17) is 0 Å². The van der Waals surface area contributed by atoms with Crippen LogP contribution in [-0.4, -0.2) is 105 Å². The molecule has 0 bridgehead atoms. The van der Waals surface area contributed by atoms with E-state index in [1.54, 1.807) is 13.2 Å². The lowest BCUT2D eigenvalue weighted by atomic mass is 9.87. The van der Waals surface area contributed by atoms with Crippen LogP contribution in [0.25, 0.3) is 0 Å². The molecule has 4 N–H and O–H groups in total. The molecule has 4 aliphatic heterocycles. The number of aliphatic hydroxyl groups excluding tert-OH is 2. The van der Waals surface area contributed by atoms with Gasteiger partial charge in [0.1, 0.15) is 16.9 Å². The minimum atomic E-state index is -1.13. The minimum Gasteiger partial charge on any atom is -0.379 e. The molecule has 3 aromatic rings. The Kier molecular flexibility index (Phi) is 9.61. The number of likely N-dealkylation sites (N-methyl/N-ethyl adjacent to an activating group) is 1. The molecule has 7 rings (SSSR count). The number of piperazine rings is 1. The molecule has 14 heteroatoms. The van der Waals surface area contributed by atoms with Crippen molar-refractivity contribution in [3.8, 4) is 0 Å². The van der Waals surface area contributed by atoms with Gasteiger partial charge < -0.3 is 25.3 Å². The first-order valence-corrected chi connectivity index (χ1v) is 17.7. The Morgan fingerprint density at radius 2 is 1.69 bits per heavy atom. The summed E-state index contributed by atoms with van der Waals surface area (Å²) in [5.74, 6) is -0.446. The smallest absolute Gasteiger partial charge is 0.282 e. The molecule has 4 aliphatic rings. The molecular formula is C35H43BrN8O5. The monoisotopic (exact) mass is 734 g/mol. The number of hydrogen-bond donors (Lipinski definition) is 4. The third-order valence-corrected chi connectivity index (χ3v) is 11.2. The van der Waals surface area contributed by atoms with E-state index in [0.29, 0.717) is 21.5 Å². The van der Waals surface area contributed by atoms with E-state index in [0.717, 1.165) is 63.6 Å². The topological polar surface area (TPSA) is 147 Å². The number of fused-ring (bicyclic) bond motifs is 1. The molecule has 49 heavy (non-hydrogen) atoms. The number of aromatic nitrogens is 2. The van der Waals surface area contributed by atoms with E-state index in [9.17, 15) is 24.6 Å². The maximum atomic E-state index is 12.5. The first-order valence-electron chi connectivity index (χ1n) is 16.9. The Balaban J connectivity index is 0.933. The van der Waals surface area contributed by atoms with Crippen LogP contribution in [0.4, 0.5) is 11.4 Å². The van der Waals surface area contributed by atoms with Gasteiger partial charge in [-0.05, 0) is 65.0 Å². The zero-order valence-corrected chi connectivity index (χ0v) is 29.3. The van der Waals surface area contributed by atoms with Crippen LogP contribution in [-0.2, 0) is 23.2 Å². The predicted octanol–water partition coefficient (Wildman–Crippen LogP) is 1.87. The van der Waals surface area contributed by atoms with Gasteiger partial charge in [0.15, 0.2) is 0 Å². The number of anilines is 2. The summed E-state index contributed by atoms with van der Waals surface area (Å²) in [5, 5.41) is 32.2. The second-order valence-corrected chi connectivity index (χ2v) is 14.6. The summed E-state index contributed by atoms with van der Waals surface area (Å²) in [5.41, 5.74) is 5.31. The molecule has 13 nitrogen and oxygen atoms in total. The van der Waals surface area contributed by atoms with Crippen LogP contribution in [0.15, 0.2) is 57.9 Å². The van der Waals surface area contributed by atoms with Crippen molar-refractivity contribution in [2.24, 2.45) is 7.05 Å². The Morgan fingerprint density at radius 1 is 0.959 bits per heavy atom. The van der Waals surface area contributed by atoms with E-state index >= 15 is 0 Å². The molecule has 2 aromatic carbocycles. The maximum Gasteiger partial charge on any atom is 0.282 e. The van der Waals surface area contributed by atoms with Crippen molar-refractivity contribution >= 4 is 39.1 Å². The number of rotatable bonds is 7. The van der Waals surface area contributed by atoms with E-state index in [1.807, 2.05) is 18.2 Å². The molecule has 3 saturated heterocycles. The summed E-state index contributed by atoms with van der Waals surface area (Å²) < 4.78 is 1.82. The number of piperidine rings is 2. The number of halogens is 1. The lowest BCUT2D eigenvalue weighted by molar-refractivity contribution is -0.154. The molecule has 3 fully saturated rings. The van der Waals surface area contributed by atoms with Crippen LogP contribution in [0.5, 0.6) is 0 Å². The molecule has 3 unspecified atom stereocenters. The minimum absolute atomic E-state index is 0.161. The molecule has 0 radical (unpaired) electrons. The Hall–Kier alpha value is -3.66. The third-order valence-electron chi connectivity index (χ3n) is 10.4. The number of aryl methyl sites for hydroxylation is 1. The first kappa shape index (κ1) is 33.8. The quantitative estimate of drug-likeness (QED) is 0.264. The number of likely N-dealkylation sites (tertiary alicyclic amines) is 1. The maximum absolute atomic E-state index is 12.5. The van der Waals surface area contributed by atoms with Crippen molar-refractivity contribution in [3.63, 3.8) is 0 Å². The normalized spacial score (nSPS) is 26.9. The van der Waals surface area contributed by atoms with Crippen molar-refractivity contribution in [3.05, 3.63) is 85.7 Å². The highest BCUT2D eigenvalue weighted by Gasteiger charge is 2.45. The fourth-order valence-electron chi connectivity index (χ4n) is 7.79. The Morgan fingerprint density at radius 3 is 2.43 bits per heavy atom. The number of carbonyl (C=O) groups is 2. The SMILES string of the molecule is CN1C[C@@H](Nc2cnn(C)c(=O)c2Br)C[C@@H](c2ccc(CN3CCN(c4ccc5c(c4)C(O)N(C4CCC(=O)NC4=O)C5O)CC3)cc2)C1. The van der Waals surface area contributed by atoms with Crippen molar-refractivity contribution < 1.29 is 19.8 Å². The van der Waals surface area contributed by atoms with Gasteiger partial charge in [-0.2, -0.15) is 5.10 Å². The lowest BCUT2D eigenvalue weighted by Gasteiger charge is -2.37. The Bertz CT molecular complexity index is 1780. The molecule has 260 valence electrons. The fourth-order valence-corrected chi connectivity index (χ4v) is 8.27. The van der Waals surface area contributed by atoms with Gasteiger partial charge in [0.05, 0.1) is 17.9 Å². The number of imide groups is 1. The van der Waals surface area contributed by atoms with Gasteiger partial charge in [-0.25, -0.2) is 9.58 Å². The third kappa shape index (κ3) is 6.90. The van der Waals surface area contributed by atoms with Crippen molar-refractivity contribution in [1.29, 1.82) is 0 Å². The summed E-state index contributed by atoms with van der Waals surface area (Å²) in [6, 6.07) is 14.1. The largest absolute Gasteiger partial charge is 0.379 e. The number of carbonyl (C=O) groups excluding carboxylic acids is 2. The average Bonchev–Trinajstić information content (AvgIpc) is 3.34. The van der Waals surface area contributed by atoms with E-state index in [1.165, 1.54) is 20.7 Å². The Labute approximate surface area is 293 Å². The van der Waals surface area contributed by atoms with E-state index in [-0.39, 0.29) is 30.3 Å². The molecule has 1 aromatic heterocycles. The summed E-state index contributed by atoms with van der Waals surface area (Å²) in [6.45, 7) is 6.16. The van der Waals surface area contributed by atoms with Crippen LogP contribution in [0.3, 0.4) is 0 Å². The predicted molar refractivity (Wildman–Crippen MR) is 188 cm³/mol. The van der Waals surface area contributed by atoms with E-state index < -0.39 is 24.4 Å². The second kappa shape index (κ2) is 13.9. The zero-order chi connectivity index (χ0) is 34.4. The molecule has 5 heterocycles. The van der Waals surface area contributed by atoms with Crippen molar-refractivity contribution in [2.45, 2.75) is 56.3 Å². The van der Waals surface area contributed by atoms with Gasteiger partial charge in [-0.15, -0.1) is 0 Å². The van der Waals surface area contributed by atoms with Crippen LogP contribution in [0.2, 0.25) is 0 Å². The number of nitrogens with one attached hydrogen (secondary N) is 2. The lowest BCUT2D eigenvalue weighted by Crippen LogP contribution is -2.52. The van der Waals surface area contributed by atoms with Gasteiger partial charge in [0.25, 0.3) is 5.56 Å². The zero-order valence-electron chi connectivity index (χ0n) is 27.8. The van der Waals surface area contributed by atoms with Crippen molar-refractivity contribution in [2.75, 3.05) is 56.5 Å². The number of nitrogens with zero attached hydrogens (tertiary/aromatic N) is 6. The fraction of sp³-hybridized carbons (Fsp3) is 0.486. The summed E-state index contributed by atoms with van der Waals surface area (Å²) >= 11 is 3.43. The van der Waals surface area contributed by atoms with Gasteiger partial charge in [0.2, 0.25) is 11.8 Å². The second-order valence-electron chi connectivity index (χ2n) is 13.8. The first-order chi connectivity index (χ1) is 23.5. The van der Waals surface area contributed by atoms with Gasteiger partial charge in [0, 0.05) is 82.1 Å². The summed E-state index contributed by atoms with van der Waals surface area (Å²) in [4.78, 5) is 44.9. The molecule has 2 amide bonds. The molecule has 0 saturated carbocycles. The van der Waals surface area contributed by atoms with Crippen LogP contribution < -0.4 is 21.1 Å². The average molecular weight is 736 g/mol.